The molecule has 1 fully saturated rings. The first-order valence-corrected chi connectivity index (χ1v) is 10.4. The Morgan fingerprint density at radius 3 is 2.23 bits per heavy atom. The number of aromatic nitrogens is 1. The Labute approximate surface area is 177 Å². The highest BCUT2D eigenvalue weighted by Crippen LogP contribution is 2.21. The summed E-state index contributed by atoms with van der Waals surface area (Å²) in [5.41, 5.74) is 2.64. The zero-order valence-electron chi connectivity index (χ0n) is 16.9. The first-order chi connectivity index (χ1) is 14.7. The molecular weight excluding hydrogens is 374 g/mol. The van der Waals surface area contributed by atoms with E-state index in [9.17, 15) is 9.59 Å². The highest BCUT2D eigenvalue weighted by atomic mass is 16.2. The number of rotatable bonds is 5. The minimum absolute atomic E-state index is 0.0985. The van der Waals surface area contributed by atoms with E-state index in [-0.39, 0.29) is 11.8 Å². The van der Waals surface area contributed by atoms with Crippen molar-refractivity contribution >= 4 is 17.5 Å². The van der Waals surface area contributed by atoms with Gasteiger partial charge in [-0.1, -0.05) is 48.5 Å². The number of benzene rings is 2. The molecule has 30 heavy (non-hydrogen) atoms. The van der Waals surface area contributed by atoms with Gasteiger partial charge in [-0.15, -0.1) is 0 Å². The van der Waals surface area contributed by atoms with Crippen LogP contribution in [-0.4, -0.2) is 34.8 Å². The largest absolute Gasteiger partial charge is 0.337 e. The van der Waals surface area contributed by atoms with Crippen LogP contribution in [-0.2, 0) is 6.54 Å². The summed E-state index contributed by atoms with van der Waals surface area (Å²) < 4.78 is 0. The lowest BCUT2D eigenvalue weighted by molar-refractivity contribution is 0.0718. The van der Waals surface area contributed by atoms with Crippen LogP contribution >= 0.6 is 0 Å². The molecule has 1 aromatic heterocycles. The molecule has 0 N–H and O–H groups in total. The average molecular weight is 399 g/mol. The number of likely N-dealkylation sites (tertiary alicyclic amines) is 1. The fraction of sp³-hybridized carbons (Fsp3) is 0.240. The molecule has 0 bridgehead atoms. The van der Waals surface area contributed by atoms with Gasteiger partial charge in [-0.2, -0.15) is 0 Å². The average Bonchev–Trinajstić information content (AvgIpc) is 2.83. The molecule has 3 aromatic rings. The number of carbonyl (C=O) groups is 2. The molecule has 2 aromatic carbocycles. The lowest BCUT2D eigenvalue weighted by Gasteiger charge is -2.26. The van der Waals surface area contributed by atoms with E-state index in [4.69, 9.17) is 0 Å². The summed E-state index contributed by atoms with van der Waals surface area (Å²) in [4.78, 5) is 34.1. The smallest absolute Gasteiger partial charge is 0.272 e. The van der Waals surface area contributed by atoms with E-state index in [1.54, 1.807) is 23.2 Å². The molecule has 0 saturated carbocycles. The van der Waals surface area contributed by atoms with Crippen molar-refractivity contribution in [2.24, 2.45) is 0 Å². The van der Waals surface area contributed by atoms with E-state index >= 15 is 0 Å². The van der Waals surface area contributed by atoms with Gasteiger partial charge in [0.05, 0.1) is 6.54 Å². The molecule has 2 heterocycles. The van der Waals surface area contributed by atoms with Crippen LogP contribution in [0.4, 0.5) is 5.69 Å². The van der Waals surface area contributed by atoms with Gasteiger partial charge in [0.2, 0.25) is 0 Å². The topological polar surface area (TPSA) is 53.5 Å². The van der Waals surface area contributed by atoms with Gasteiger partial charge in [0.15, 0.2) is 0 Å². The summed E-state index contributed by atoms with van der Waals surface area (Å²) in [5, 5.41) is 0. The molecular formula is C25H25N3O2. The van der Waals surface area contributed by atoms with Gasteiger partial charge in [0.1, 0.15) is 5.69 Å². The van der Waals surface area contributed by atoms with Crippen molar-refractivity contribution in [1.82, 2.24) is 9.88 Å². The number of hydrogen-bond acceptors (Lipinski definition) is 3. The van der Waals surface area contributed by atoms with Crippen molar-refractivity contribution in [1.29, 1.82) is 0 Å². The standard InChI is InChI=1S/C25H25N3O2/c29-24(21-14-15-26-23(18-21)25(30)27-16-8-3-9-17-27)28(22-12-6-2-7-13-22)19-20-10-4-1-5-11-20/h1-2,4-7,10-15,18H,3,8-9,16-17,19H2. The Morgan fingerprint density at radius 2 is 1.53 bits per heavy atom. The van der Waals surface area contributed by atoms with E-state index < -0.39 is 0 Å². The molecule has 1 saturated heterocycles. The summed E-state index contributed by atoms with van der Waals surface area (Å²) in [6, 6.07) is 22.8. The quantitative estimate of drug-likeness (QED) is 0.632. The lowest BCUT2D eigenvalue weighted by atomic mass is 10.1. The zero-order chi connectivity index (χ0) is 20.8. The van der Waals surface area contributed by atoms with E-state index in [0.29, 0.717) is 17.8 Å². The van der Waals surface area contributed by atoms with Crippen LogP contribution in [0.2, 0.25) is 0 Å². The molecule has 0 spiro atoms. The van der Waals surface area contributed by atoms with E-state index in [2.05, 4.69) is 4.98 Å². The normalized spacial score (nSPS) is 13.7. The van der Waals surface area contributed by atoms with Crippen LogP contribution in [0.3, 0.4) is 0 Å². The Kier molecular flexibility index (Phi) is 6.18. The van der Waals surface area contributed by atoms with Gasteiger partial charge in [-0.25, -0.2) is 0 Å². The molecule has 1 aliphatic rings. The third kappa shape index (κ3) is 4.57. The molecule has 0 unspecified atom stereocenters. The highest BCUT2D eigenvalue weighted by Gasteiger charge is 2.23. The second-order valence-corrected chi connectivity index (χ2v) is 7.50. The van der Waals surface area contributed by atoms with Crippen LogP contribution in [0.25, 0.3) is 0 Å². The van der Waals surface area contributed by atoms with Crippen molar-refractivity contribution < 1.29 is 9.59 Å². The van der Waals surface area contributed by atoms with Gasteiger partial charge in [0, 0.05) is 30.5 Å². The van der Waals surface area contributed by atoms with E-state index in [1.807, 2.05) is 65.6 Å². The van der Waals surface area contributed by atoms with Gasteiger partial charge < -0.3 is 9.80 Å². The van der Waals surface area contributed by atoms with Crippen LogP contribution in [0.1, 0.15) is 45.7 Å². The van der Waals surface area contributed by atoms with Gasteiger partial charge in [-0.05, 0) is 49.1 Å². The Bertz CT molecular complexity index is 999. The lowest BCUT2D eigenvalue weighted by Crippen LogP contribution is -2.36. The molecule has 0 atom stereocenters. The van der Waals surface area contributed by atoms with Crippen molar-refractivity contribution in [3.63, 3.8) is 0 Å². The number of para-hydroxylation sites is 1. The van der Waals surface area contributed by atoms with Crippen LogP contribution < -0.4 is 4.90 Å². The number of nitrogens with zero attached hydrogens (tertiary/aromatic N) is 3. The molecule has 5 heteroatoms. The van der Waals surface area contributed by atoms with Crippen molar-refractivity contribution in [3.05, 3.63) is 95.8 Å². The van der Waals surface area contributed by atoms with Crippen molar-refractivity contribution in [2.75, 3.05) is 18.0 Å². The van der Waals surface area contributed by atoms with E-state index in [1.165, 1.54) is 0 Å². The molecule has 1 aliphatic heterocycles. The summed E-state index contributed by atoms with van der Waals surface area (Å²) in [7, 11) is 0. The fourth-order valence-corrected chi connectivity index (χ4v) is 3.75. The van der Waals surface area contributed by atoms with Gasteiger partial charge in [0.25, 0.3) is 11.8 Å². The Morgan fingerprint density at radius 1 is 0.867 bits per heavy atom. The van der Waals surface area contributed by atoms with Crippen molar-refractivity contribution in [3.8, 4) is 0 Å². The number of amides is 2. The predicted molar refractivity (Wildman–Crippen MR) is 117 cm³/mol. The number of anilines is 1. The van der Waals surface area contributed by atoms with Crippen molar-refractivity contribution in [2.45, 2.75) is 25.8 Å². The first kappa shape index (κ1) is 19.8. The molecule has 4 rings (SSSR count). The summed E-state index contributed by atoms with van der Waals surface area (Å²) in [6.45, 7) is 1.95. The zero-order valence-corrected chi connectivity index (χ0v) is 16.9. The highest BCUT2D eigenvalue weighted by molar-refractivity contribution is 6.07. The van der Waals surface area contributed by atoms with Crippen LogP contribution in [0.5, 0.6) is 0 Å². The third-order valence-corrected chi connectivity index (χ3v) is 5.37. The second-order valence-electron chi connectivity index (χ2n) is 7.50. The molecule has 152 valence electrons. The first-order valence-electron chi connectivity index (χ1n) is 10.4. The molecule has 0 radical (unpaired) electrons. The fourth-order valence-electron chi connectivity index (χ4n) is 3.75. The summed E-state index contributed by atoms with van der Waals surface area (Å²) in [6.07, 6.45) is 4.74. The van der Waals surface area contributed by atoms with Gasteiger partial charge in [-0.3, -0.25) is 14.6 Å². The maximum Gasteiger partial charge on any atom is 0.272 e. The van der Waals surface area contributed by atoms with Crippen LogP contribution in [0, 0.1) is 0 Å². The second kappa shape index (κ2) is 9.35. The minimum atomic E-state index is -0.153. The number of piperidine rings is 1. The summed E-state index contributed by atoms with van der Waals surface area (Å²) >= 11 is 0. The third-order valence-electron chi connectivity index (χ3n) is 5.37. The monoisotopic (exact) mass is 399 g/mol. The van der Waals surface area contributed by atoms with E-state index in [0.717, 1.165) is 43.6 Å². The Balaban J connectivity index is 1.62. The maximum atomic E-state index is 13.5. The SMILES string of the molecule is O=C(c1cc(C(=O)N(Cc2ccccc2)c2ccccc2)ccn1)N1CCCCC1. The Hall–Kier alpha value is -3.47. The number of hydrogen-bond donors (Lipinski definition) is 0. The molecule has 5 nitrogen and oxygen atoms in total. The number of pyridine rings is 1. The van der Waals surface area contributed by atoms with Crippen LogP contribution in [0.15, 0.2) is 79.0 Å². The number of carbonyl (C=O) groups excluding carboxylic acids is 2. The molecule has 0 aliphatic carbocycles. The molecule has 2 amide bonds. The minimum Gasteiger partial charge on any atom is -0.337 e. The van der Waals surface area contributed by atoms with Gasteiger partial charge >= 0.3 is 0 Å². The maximum absolute atomic E-state index is 13.5. The summed E-state index contributed by atoms with van der Waals surface area (Å²) in [5.74, 6) is -0.251. The predicted octanol–water partition coefficient (Wildman–Crippen LogP) is 4.55.